The van der Waals surface area contributed by atoms with Crippen molar-refractivity contribution in [2.24, 2.45) is 45.9 Å². The minimum Gasteiger partial charge on any atom is -0.323 e. The smallest absolute Gasteiger partial charge is 0.0826 e. The summed E-state index contributed by atoms with van der Waals surface area (Å²) in [6.45, 7) is 5.03. The quantitative estimate of drug-likeness (QED) is 0.528. The van der Waals surface area contributed by atoms with Gasteiger partial charge in [0, 0.05) is 5.92 Å². The number of rotatable bonds is 0. The summed E-state index contributed by atoms with van der Waals surface area (Å²) in [6.07, 6.45) is 17.1. The van der Waals surface area contributed by atoms with E-state index in [1.54, 1.807) is 0 Å². The topological polar surface area (TPSA) is 38.4 Å². The third-order valence-corrected chi connectivity index (χ3v) is 7.15. The highest BCUT2D eigenvalue weighted by molar-refractivity contribution is 6.05. The van der Waals surface area contributed by atoms with Crippen LogP contribution in [-0.4, -0.2) is 5.71 Å². The zero-order valence-corrected chi connectivity index (χ0v) is 13.1. The van der Waals surface area contributed by atoms with Crippen molar-refractivity contribution >= 4 is 5.71 Å². The average Bonchev–Trinajstić information content (AvgIpc) is 2.82. The molecule has 2 nitrogen and oxygen atoms in total. The molecule has 0 spiro atoms. The molecule has 2 N–H and O–H groups in total. The van der Waals surface area contributed by atoms with E-state index in [1.165, 1.54) is 31.3 Å². The molecule has 0 bridgehead atoms. The van der Waals surface area contributed by atoms with Crippen molar-refractivity contribution in [3.8, 4) is 0 Å². The maximum Gasteiger partial charge on any atom is 0.0826 e. The second kappa shape index (κ2) is 4.59. The number of fused-ring (bicyclic) bond motifs is 5. The summed E-state index contributed by atoms with van der Waals surface area (Å²) in [4.78, 5) is 0. The van der Waals surface area contributed by atoms with Gasteiger partial charge in [-0.3, -0.25) is 0 Å². The lowest BCUT2D eigenvalue weighted by Crippen LogP contribution is -2.43. The van der Waals surface area contributed by atoms with Crippen molar-refractivity contribution in [2.45, 2.75) is 39.5 Å². The maximum absolute atomic E-state index is 5.43. The third kappa shape index (κ3) is 1.81. The molecule has 0 aromatic heterocycles. The van der Waals surface area contributed by atoms with Gasteiger partial charge in [-0.15, -0.1) is 0 Å². The summed E-state index contributed by atoms with van der Waals surface area (Å²) in [5.74, 6) is 9.37. The molecule has 112 valence electrons. The van der Waals surface area contributed by atoms with Crippen LogP contribution in [0.15, 0.2) is 41.1 Å². The normalized spacial score (nSPS) is 49.5. The first-order valence-electron chi connectivity index (χ1n) is 8.49. The summed E-state index contributed by atoms with van der Waals surface area (Å²) >= 11 is 0. The van der Waals surface area contributed by atoms with Crippen molar-refractivity contribution in [1.29, 1.82) is 0 Å². The lowest BCUT2D eigenvalue weighted by Gasteiger charge is -2.51. The van der Waals surface area contributed by atoms with Gasteiger partial charge in [-0.25, -0.2) is 0 Å². The van der Waals surface area contributed by atoms with E-state index in [2.05, 4.69) is 49.3 Å². The summed E-state index contributed by atoms with van der Waals surface area (Å²) < 4.78 is 0. The Morgan fingerprint density at radius 2 is 2.05 bits per heavy atom. The Kier molecular flexibility index (Phi) is 2.92. The monoisotopic (exact) mass is 282 g/mol. The molecule has 4 aliphatic rings. The van der Waals surface area contributed by atoms with Crippen LogP contribution in [-0.2, 0) is 0 Å². The summed E-state index contributed by atoms with van der Waals surface area (Å²) in [5.41, 5.74) is 2.90. The van der Waals surface area contributed by atoms with E-state index in [0.717, 1.165) is 29.4 Å². The highest BCUT2D eigenvalue weighted by Gasteiger charge is 2.53. The number of nitrogens with zero attached hydrogens (tertiary/aromatic N) is 1. The molecule has 21 heavy (non-hydrogen) atoms. The highest BCUT2D eigenvalue weighted by Crippen LogP contribution is 2.61. The third-order valence-electron chi connectivity index (χ3n) is 7.15. The molecule has 0 saturated heterocycles. The summed E-state index contributed by atoms with van der Waals surface area (Å²) in [7, 11) is 0. The molecule has 0 radical (unpaired) electrons. The molecule has 4 rings (SSSR count). The molecule has 2 saturated carbocycles. The van der Waals surface area contributed by atoms with Gasteiger partial charge < -0.3 is 5.84 Å². The van der Waals surface area contributed by atoms with E-state index in [1.807, 2.05) is 0 Å². The van der Waals surface area contributed by atoms with Crippen LogP contribution < -0.4 is 5.84 Å². The SMILES string of the molecule is C[C@@H]1CC[C@H]2[C@@H]3C=CC4=CC(=NN)C=C[C@@H]4[C@H]3CC[C@]12C. The van der Waals surface area contributed by atoms with Crippen LogP contribution in [0.25, 0.3) is 0 Å². The van der Waals surface area contributed by atoms with Crippen molar-refractivity contribution in [1.82, 2.24) is 0 Å². The summed E-state index contributed by atoms with van der Waals surface area (Å²) in [5, 5.41) is 3.84. The Bertz CT molecular complexity index is 568. The van der Waals surface area contributed by atoms with Gasteiger partial charge in [0.1, 0.15) is 0 Å². The molecule has 2 heteroatoms. The van der Waals surface area contributed by atoms with Crippen LogP contribution in [0.1, 0.15) is 39.5 Å². The zero-order chi connectivity index (χ0) is 14.6. The van der Waals surface area contributed by atoms with Crippen LogP contribution >= 0.6 is 0 Å². The molecule has 0 unspecified atom stereocenters. The predicted molar refractivity (Wildman–Crippen MR) is 87.7 cm³/mol. The first-order valence-corrected chi connectivity index (χ1v) is 8.49. The van der Waals surface area contributed by atoms with E-state index in [-0.39, 0.29) is 0 Å². The first kappa shape index (κ1) is 13.4. The number of allylic oxidation sites excluding steroid dienone is 6. The molecular weight excluding hydrogens is 256 g/mol. The van der Waals surface area contributed by atoms with Gasteiger partial charge in [0.25, 0.3) is 0 Å². The summed E-state index contributed by atoms with van der Waals surface area (Å²) in [6, 6.07) is 0. The van der Waals surface area contributed by atoms with Crippen LogP contribution in [0.3, 0.4) is 0 Å². The van der Waals surface area contributed by atoms with Gasteiger partial charge >= 0.3 is 0 Å². The van der Waals surface area contributed by atoms with Gasteiger partial charge in [-0.2, -0.15) is 5.10 Å². The standard InChI is InChI=1S/C19H26N2/c1-12-3-8-18-17-6-4-13-11-14(21-20)5-7-15(13)16(17)9-10-19(12,18)2/h4-7,11-12,15-18H,3,8-10,20H2,1-2H3/t12-,15+,16-,17-,18+,19-/m1/s1. The fourth-order valence-corrected chi connectivity index (χ4v) is 5.66. The maximum atomic E-state index is 5.43. The van der Waals surface area contributed by atoms with Crippen molar-refractivity contribution in [3.63, 3.8) is 0 Å². The number of hydrazone groups is 1. The van der Waals surface area contributed by atoms with Crippen LogP contribution in [0, 0.1) is 35.0 Å². The Hall–Kier alpha value is -1.31. The average molecular weight is 282 g/mol. The lowest BCUT2D eigenvalue weighted by molar-refractivity contribution is 0.0265. The van der Waals surface area contributed by atoms with Crippen LogP contribution in [0.2, 0.25) is 0 Å². The van der Waals surface area contributed by atoms with E-state index in [9.17, 15) is 0 Å². The zero-order valence-electron chi connectivity index (χ0n) is 13.1. The van der Waals surface area contributed by atoms with Gasteiger partial charge in [0.2, 0.25) is 0 Å². The Morgan fingerprint density at radius 3 is 2.86 bits per heavy atom. The number of hydrogen-bond donors (Lipinski definition) is 1. The lowest BCUT2D eigenvalue weighted by atomic mass is 9.54. The molecule has 6 atom stereocenters. The largest absolute Gasteiger partial charge is 0.323 e. The van der Waals surface area contributed by atoms with E-state index in [4.69, 9.17) is 5.84 Å². The first-order chi connectivity index (χ1) is 10.1. The van der Waals surface area contributed by atoms with Crippen molar-refractivity contribution < 1.29 is 0 Å². The van der Waals surface area contributed by atoms with Crippen LogP contribution in [0.4, 0.5) is 0 Å². The van der Waals surface area contributed by atoms with Crippen LogP contribution in [0.5, 0.6) is 0 Å². The molecule has 0 aromatic rings. The fourth-order valence-electron chi connectivity index (χ4n) is 5.66. The van der Waals surface area contributed by atoms with Gasteiger partial charge in [0.05, 0.1) is 5.71 Å². The Morgan fingerprint density at radius 1 is 1.19 bits per heavy atom. The molecule has 0 amide bonds. The number of nitrogens with two attached hydrogens (primary N) is 1. The second-order valence-electron chi connectivity index (χ2n) is 7.81. The minimum absolute atomic E-state index is 0.578. The highest BCUT2D eigenvalue weighted by atomic mass is 15.1. The Labute approximate surface area is 127 Å². The molecule has 4 aliphatic carbocycles. The molecular formula is C19H26N2. The van der Waals surface area contributed by atoms with Gasteiger partial charge in [0.15, 0.2) is 0 Å². The molecule has 0 aromatic carbocycles. The van der Waals surface area contributed by atoms with E-state index >= 15 is 0 Å². The number of hydrogen-bond acceptors (Lipinski definition) is 2. The van der Waals surface area contributed by atoms with Gasteiger partial charge in [-0.05, 0) is 72.5 Å². The Balaban J connectivity index is 1.69. The van der Waals surface area contributed by atoms with Crippen molar-refractivity contribution in [3.05, 3.63) is 36.0 Å². The van der Waals surface area contributed by atoms with E-state index in [0.29, 0.717) is 11.3 Å². The van der Waals surface area contributed by atoms with Gasteiger partial charge in [-0.1, -0.05) is 32.1 Å². The molecule has 0 heterocycles. The second-order valence-corrected chi connectivity index (χ2v) is 7.81. The van der Waals surface area contributed by atoms with E-state index < -0.39 is 0 Å². The molecule has 2 fully saturated rings. The fraction of sp³-hybridized carbons (Fsp3) is 0.632. The predicted octanol–water partition coefficient (Wildman–Crippen LogP) is 4.06. The molecule has 0 aliphatic heterocycles. The van der Waals surface area contributed by atoms with Crippen molar-refractivity contribution in [2.75, 3.05) is 0 Å². The minimum atomic E-state index is 0.578.